The van der Waals surface area contributed by atoms with E-state index in [9.17, 15) is 19.1 Å². The van der Waals surface area contributed by atoms with Gasteiger partial charge in [-0.15, -0.1) is 11.3 Å². The van der Waals surface area contributed by atoms with E-state index in [4.69, 9.17) is 0 Å². The molecule has 3 aromatic carbocycles. The van der Waals surface area contributed by atoms with Crippen molar-refractivity contribution in [3.63, 3.8) is 0 Å². The number of benzene rings is 3. The van der Waals surface area contributed by atoms with Crippen LogP contribution in [0.3, 0.4) is 0 Å². The van der Waals surface area contributed by atoms with Crippen molar-refractivity contribution in [2.75, 3.05) is 4.90 Å². The number of ketones is 1. The zero-order chi connectivity index (χ0) is 22.4. The van der Waals surface area contributed by atoms with E-state index in [2.05, 4.69) is 0 Å². The largest absolute Gasteiger partial charge is 0.507 e. The van der Waals surface area contributed by atoms with Crippen molar-refractivity contribution in [1.82, 2.24) is 0 Å². The van der Waals surface area contributed by atoms with Gasteiger partial charge in [0, 0.05) is 16.1 Å². The minimum Gasteiger partial charge on any atom is -0.507 e. The van der Waals surface area contributed by atoms with Crippen LogP contribution in [0.1, 0.15) is 22.0 Å². The van der Waals surface area contributed by atoms with Gasteiger partial charge in [-0.2, -0.15) is 0 Å². The molecule has 1 aliphatic heterocycles. The first-order valence-corrected chi connectivity index (χ1v) is 10.9. The number of halogens is 1. The fourth-order valence-electron chi connectivity index (χ4n) is 4.13. The summed E-state index contributed by atoms with van der Waals surface area (Å²) in [7, 11) is 0. The summed E-state index contributed by atoms with van der Waals surface area (Å²) in [6.45, 7) is 1.88. The molecule has 1 amide bonds. The predicted molar refractivity (Wildman–Crippen MR) is 124 cm³/mol. The van der Waals surface area contributed by atoms with Crippen molar-refractivity contribution < 1.29 is 19.1 Å². The number of Topliss-reactive ketones (excluding diaryl/α,β-unsaturated/α-hetero) is 1. The van der Waals surface area contributed by atoms with Gasteiger partial charge < -0.3 is 5.11 Å². The average Bonchev–Trinajstić information content (AvgIpc) is 3.33. The third-order valence-corrected chi connectivity index (χ3v) is 6.78. The molecule has 158 valence electrons. The van der Waals surface area contributed by atoms with Gasteiger partial charge in [-0.25, -0.2) is 4.39 Å². The summed E-state index contributed by atoms with van der Waals surface area (Å²) in [6.07, 6.45) is 0. The van der Waals surface area contributed by atoms with Gasteiger partial charge in [0.1, 0.15) is 17.6 Å². The van der Waals surface area contributed by atoms with E-state index in [1.807, 2.05) is 48.7 Å². The summed E-state index contributed by atoms with van der Waals surface area (Å²) in [6, 6.07) is 19.7. The van der Waals surface area contributed by atoms with Gasteiger partial charge in [0.25, 0.3) is 11.7 Å². The number of thiophene rings is 1. The number of nitrogens with zero attached hydrogens (tertiary/aromatic N) is 1. The number of aliphatic hydroxyl groups is 1. The van der Waals surface area contributed by atoms with E-state index in [0.29, 0.717) is 5.56 Å². The summed E-state index contributed by atoms with van der Waals surface area (Å²) < 4.78 is 14.0. The van der Waals surface area contributed by atoms with Crippen LogP contribution in [0.4, 0.5) is 10.1 Å². The Kier molecular flexibility index (Phi) is 4.87. The summed E-state index contributed by atoms with van der Waals surface area (Å²) >= 11 is 1.39. The molecule has 4 nitrogen and oxygen atoms in total. The van der Waals surface area contributed by atoms with Crippen LogP contribution in [0.5, 0.6) is 0 Å². The normalized spacial score (nSPS) is 17.9. The lowest BCUT2D eigenvalue weighted by molar-refractivity contribution is -0.132. The van der Waals surface area contributed by atoms with Crippen molar-refractivity contribution in [2.24, 2.45) is 0 Å². The molecule has 1 unspecified atom stereocenters. The second kappa shape index (κ2) is 7.73. The average molecular weight is 443 g/mol. The third-order valence-electron chi connectivity index (χ3n) is 5.70. The molecule has 0 saturated carbocycles. The van der Waals surface area contributed by atoms with Gasteiger partial charge in [-0.05, 0) is 59.0 Å². The van der Waals surface area contributed by atoms with E-state index in [0.717, 1.165) is 21.2 Å². The lowest BCUT2D eigenvalue weighted by Crippen LogP contribution is -2.29. The number of hydrogen-bond acceptors (Lipinski definition) is 4. The SMILES string of the molecule is Cc1ccsc1C1/C(=C(/O)c2ccc3ccccc3c2)C(=O)C(=O)N1c1cccc(F)c1. The molecule has 4 aromatic rings. The zero-order valence-electron chi connectivity index (χ0n) is 17.1. The maximum atomic E-state index is 14.0. The molecule has 6 heteroatoms. The Labute approximate surface area is 187 Å². The van der Waals surface area contributed by atoms with Crippen LogP contribution in [0, 0.1) is 12.7 Å². The summed E-state index contributed by atoms with van der Waals surface area (Å²) in [5.74, 6) is -2.35. The number of anilines is 1. The van der Waals surface area contributed by atoms with Gasteiger partial charge in [0.05, 0.1) is 5.57 Å². The zero-order valence-corrected chi connectivity index (χ0v) is 17.9. The van der Waals surface area contributed by atoms with Gasteiger partial charge in [0.2, 0.25) is 0 Å². The van der Waals surface area contributed by atoms with E-state index in [1.54, 1.807) is 18.2 Å². The van der Waals surface area contributed by atoms with E-state index in [1.165, 1.54) is 34.4 Å². The van der Waals surface area contributed by atoms with Gasteiger partial charge in [-0.1, -0.05) is 42.5 Å². The first kappa shape index (κ1) is 20.2. The molecule has 1 aliphatic rings. The van der Waals surface area contributed by atoms with Crippen molar-refractivity contribution >= 4 is 45.2 Å². The predicted octanol–water partition coefficient (Wildman–Crippen LogP) is 5.98. The Morgan fingerprint density at radius 3 is 2.47 bits per heavy atom. The lowest BCUT2D eigenvalue weighted by atomic mass is 9.97. The Hall–Kier alpha value is -3.77. The van der Waals surface area contributed by atoms with Crippen molar-refractivity contribution in [3.8, 4) is 0 Å². The minimum absolute atomic E-state index is 0.0000855. The second-order valence-corrected chi connectivity index (χ2v) is 8.63. The molecule has 0 radical (unpaired) electrons. The first-order chi connectivity index (χ1) is 15.5. The van der Waals surface area contributed by atoms with Crippen molar-refractivity contribution in [3.05, 3.63) is 106 Å². The lowest BCUT2D eigenvalue weighted by Gasteiger charge is -2.25. The van der Waals surface area contributed by atoms with Crippen LogP contribution < -0.4 is 4.90 Å². The highest BCUT2D eigenvalue weighted by Crippen LogP contribution is 2.45. The van der Waals surface area contributed by atoms with Crippen LogP contribution in [0.25, 0.3) is 16.5 Å². The molecule has 5 rings (SSSR count). The Morgan fingerprint density at radius 2 is 1.75 bits per heavy atom. The molecule has 1 fully saturated rings. The number of carbonyl (C=O) groups is 2. The Morgan fingerprint density at radius 1 is 0.969 bits per heavy atom. The molecular formula is C26H18FNO3S. The molecule has 32 heavy (non-hydrogen) atoms. The topological polar surface area (TPSA) is 57.6 Å². The van der Waals surface area contributed by atoms with Crippen LogP contribution >= 0.6 is 11.3 Å². The number of rotatable bonds is 3. The van der Waals surface area contributed by atoms with Crippen molar-refractivity contribution in [2.45, 2.75) is 13.0 Å². The highest BCUT2D eigenvalue weighted by Gasteiger charge is 2.48. The van der Waals surface area contributed by atoms with E-state index >= 15 is 0 Å². The van der Waals surface area contributed by atoms with Crippen LogP contribution in [0.15, 0.2) is 83.7 Å². The molecule has 2 heterocycles. The molecule has 1 atom stereocenters. The van der Waals surface area contributed by atoms with Gasteiger partial charge >= 0.3 is 0 Å². The van der Waals surface area contributed by atoms with Gasteiger partial charge in [-0.3, -0.25) is 14.5 Å². The minimum atomic E-state index is -0.844. The molecule has 1 aromatic heterocycles. The van der Waals surface area contributed by atoms with E-state index < -0.39 is 23.5 Å². The molecule has 0 aliphatic carbocycles. The number of fused-ring (bicyclic) bond motifs is 1. The fourth-order valence-corrected chi connectivity index (χ4v) is 5.15. The molecule has 0 bridgehead atoms. The number of amides is 1. The maximum Gasteiger partial charge on any atom is 0.300 e. The summed E-state index contributed by atoms with van der Waals surface area (Å²) in [5, 5.41) is 15.0. The maximum absolute atomic E-state index is 14.0. The molecule has 1 saturated heterocycles. The van der Waals surface area contributed by atoms with Crippen LogP contribution in [-0.4, -0.2) is 16.8 Å². The third kappa shape index (κ3) is 3.20. The fraction of sp³-hybridized carbons (Fsp3) is 0.0769. The molecule has 0 spiro atoms. The second-order valence-electron chi connectivity index (χ2n) is 7.68. The molecular weight excluding hydrogens is 425 g/mol. The van der Waals surface area contributed by atoms with Gasteiger partial charge in [0.15, 0.2) is 0 Å². The first-order valence-electron chi connectivity index (χ1n) is 10.1. The molecule has 1 N–H and O–H groups in total. The highest BCUT2D eigenvalue weighted by molar-refractivity contribution is 7.10. The smallest absolute Gasteiger partial charge is 0.300 e. The standard InChI is InChI=1S/C26H18FNO3S/c1-15-11-12-32-25(15)22-21(23(29)18-10-9-16-5-2-3-6-17(16)13-18)24(30)26(31)28(22)20-8-4-7-19(27)14-20/h2-14,22,29H,1H3/b23-21-. The summed E-state index contributed by atoms with van der Waals surface area (Å²) in [5.41, 5.74) is 1.59. The number of hydrogen-bond donors (Lipinski definition) is 1. The number of aryl methyl sites for hydroxylation is 1. The Balaban J connectivity index is 1.74. The number of aliphatic hydroxyl groups excluding tert-OH is 1. The van der Waals surface area contributed by atoms with Crippen molar-refractivity contribution in [1.29, 1.82) is 0 Å². The monoisotopic (exact) mass is 443 g/mol. The summed E-state index contributed by atoms with van der Waals surface area (Å²) in [4.78, 5) is 28.3. The number of carbonyl (C=O) groups excluding carboxylic acids is 2. The van der Waals surface area contributed by atoms with E-state index in [-0.39, 0.29) is 17.0 Å². The van der Waals surface area contributed by atoms with Crippen LogP contribution in [-0.2, 0) is 9.59 Å². The quantitative estimate of drug-likeness (QED) is 0.241. The Bertz CT molecular complexity index is 1420. The van der Waals surface area contributed by atoms with Crippen LogP contribution in [0.2, 0.25) is 0 Å². The highest BCUT2D eigenvalue weighted by atomic mass is 32.1.